The van der Waals surface area contributed by atoms with Gasteiger partial charge in [0.05, 0.1) is 11.3 Å². The minimum absolute atomic E-state index is 0.0192. The van der Waals surface area contributed by atoms with E-state index in [1.165, 1.54) is 0 Å². The molecule has 0 aliphatic rings. The Bertz CT molecular complexity index is 387. The Hall–Kier alpha value is -1.66. The lowest BCUT2D eigenvalue weighted by molar-refractivity contribution is -0.140. The maximum absolute atomic E-state index is 13.0. The molecule has 0 unspecified atom stereocenters. The first kappa shape index (κ1) is 11.4. The van der Waals surface area contributed by atoms with Crippen LogP contribution in [0.15, 0.2) is 12.1 Å². The second kappa shape index (κ2) is 3.84. The summed E-state index contributed by atoms with van der Waals surface area (Å²) >= 11 is 0. The smallest absolute Gasteiger partial charge is 0.326 e. The van der Waals surface area contributed by atoms with Gasteiger partial charge in [-0.1, -0.05) is 0 Å². The van der Waals surface area contributed by atoms with Crippen molar-refractivity contribution in [3.63, 3.8) is 0 Å². The van der Waals surface area contributed by atoms with E-state index in [2.05, 4.69) is 0 Å². The number of rotatable bonds is 2. The van der Waals surface area contributed by atoms with Gasteiger partial charge in [-0.15, -0.1) is 0 Å². The molecular formula is C8H4F5NO. The fourth-order valence-electron chi connectivity index (χ4n) is 0.964. The molecule has 0 heterocycles. The van der Waals surface area contributed by atoms with E-state index in [1.807, 2.05) is 0 Å². The van der Waals surface area contributed by atoms with E-state index >= 15 is 0 Å². The predicted molar refractivity (Wildman–Crippen MR) is 41.0 cm³/mol. The fraction of sp³-hybridized carbons (Fsp3) is 0.125. The highest BCUT2D eigenvalue weighted by Gasteiger charge is 2.35. The largest absolute Gasteiger partial charge is 0.419 e. The number of carbonyl (C=O) groups excluding carboxylic acids is 1. The van der Waals surface area contributed by atoms with E-state index in [-0.39, 0.29) is 12.5 Å². The third-order valence-corrected chi connectivity index (χ3v) is 1.56. The molecule has 0 bridgehead atoms. The molecule has 0 aromatic heterocycles. The molecule has 0 radical (unpaired) electrons. The summed E-state index contributed by atoms with van der Waals surface area (Å²) in [6.45, 7) is 0. The third kappa shape index (κ3) is 2.42. The molecule has 0 spiro atoms. The number of alkyl halides is 3. The lowest BCUT2D eigenvalue weighted by atomic mass is 10.1. The van der Waals surface area contributed by atoms with E-state index in [4.69, 9.17) is 0 Å². The van der Waals surface area contributed by atoms with E-state index in [0.717, 1.165) is 0 Å². The van der Waals surface area contributed by atoms with Crippen molar-refractivity contribution in [3.05, 3.63) is 29.3 Å². The Balaban J connectivity index is 3.34. The Kier molecular flexibility index (Phi) is 2.92. The molecule has 0 saturated carbocycles. The van der Waals surface area contributed by atoms with Crippen molar-refractivity contribution in [2.75, 3.05) is 5.32 Å². The highest BCUT2D eigenvalue weighted by atomic mass is 19.4. The van der Waals surface area contributed by atoms with Gasteiger partial charge in [-0.2, -0.15) is 13.2 Å². The van der Waals surface area contributed by atoms with Crippen LogP contribution in [0, 0.1) is 11.6 Å². The van der Waals surface area contributed by atoms with Crippen molar-refractivity contribution in [1.82, 2.24) is 0 Å². The Labute approximate surface area is 80.7 Å². The van der Waals surface area contributed by atoms with Gasteiger partial charge < -0.3 is 5.32 Å². The van der Waals surface area contributed by atoms with Crippen molar-refractivity contribution >= 4 is 12.1 Å². The minimum Gasteiger partial charge on any atom is -0.326 e. The number of nitrogens with one attached hydrogen (secondary N) is 1. The molecule has 1 amide bonds. The summed E-state index contributed by atoms with van der Waals surface area (Å²) in [5, 5.41) is 1.63. The van der Waals surface area contributed by atoms with E-state index in [0.29, 0.717) is 6.07 Å². The summed E-state index contributed by atoms with van der Waals surface area (Å²) in [5.74, 6) is -3.00. The van der Waals surface area contributed by atoms with Crippen LogP contribution >= 0.6 is 0 Å². The summed E-state index contributed by atoms with van der Waals surface area (Å²) in [4.78, 5) is 9.92. The van der Waals surface area contributed by atoms with Crippen molar-refractivity contribution in [2.45, 2.75) is 6.18 Å². The van der Waals surface area contributed by atoms with Crippen molar-refractivity contribution in [1.29, 1.82) is 0 Å². The Morgan fingerprint density at radius 3 is 2.27 bits per heavy atom. The van der Waals surface area contributed by atoms with Crippen LogP contribution in [-0.2, 0) is 11.0 Å². The first-order valence-corrected chi connectivity index (χ1v) is 3.62. The molecule has 0 saturated heterocycles. The second-order valence-corrected chi connectivity index (χ2v) is 2.57. The number of amides is 1. The van der Waals surface area contributed by atoms with Crippen molar-refractivity contribution in [2.24, 2.45) is 0 Å². The molecule has 1 N–H and O–H groups in total. The Morgan fingerprint density at radius 2 is 1.80 bits per heavy atom. The van der Waals surface area contributed by atoms with E-state index < -0.39 is 29.1 Å². The third-order valence-electron chi connectivity index (χ3n) is 1.56. The molecule has 7 heteroatoms. The molecule has 0 atom stereocenters. The van der Waals surface area contributed by atoms with Crippen molar-refractivity contribution < 1.29 is 26.7 Å². The second-order valence-electron chi connectivity index (χ2n) is 2.57. The van der Waals surface area contributed by atoms with Crippen LogP contribution in [0.2, 0.25) is 0 Å². The van der Waals surface area contributed by atoms with E-state index in [1.54, 1.807) is 5.32 Å². The lowest BCUT2D eigenvalue weighted by Gasteiger charge is -2.10. The maximum Gasteiger partial charge on any atom is 0.419 e. The van der Waals surface area contributed by atoms with Crippen LogP contribution < -0.4 is 5.32 Å². The van der Waals surface area contributed by atoms with Crippen LogP contribution in [-0.4, -0.2) is 6.41 Å². The summed E-state index contributed by atoms with van der Waals surface area (Å²) in [7, 11) is 0. The SMILES string of the molecule is O=CNc1cc(F)cc(C(F)(F)F)c1F. The Morgan fingerprint density at radius 1 is 1.20 bits per heavy atom. The van der Waals surface area contributed by atoms with Crippen LogP contribution in [0.5, 0.6) is 0 Å². The summed E-state index contributed by atoms with van der Waals surface area (Å²) < 4.78 is 62.0. The molecule has 1 rings (SSSR count). The maximum atomic E-state index is 13.0. The van der Waals surface area contributed by atoms with Gasteiger partial charge in [-0.05, 0) is 6.07 Å². The highest BCUT2D eigenvalue weighted by Crippen LogP contribution is 2.34. The van der Waals surface area contributed by atoms with Crippen LogP contribution in [0.1, 0.15) is 5.56 Å². The number of hydrogen-bond acceptors (Lipinski definition) is 1. The summed E-state index contributed by atoms with van der Waals surface area (Å²) in [5.41, 5.74) is -2.61. The van der Waals surface area contributed by atoms with E-state index in [9.17, 15) is 26.7 Å². The summed E-state index contributed by atoms with van der Waals surface area (Å²) in [6, 6.07) is 0.476. The molecule has 0 aliphatic heterocycles. The number of halogens is 5. The monoisotopic (exact) mass is 225 g/mol. The predicted octanol–water partition coefficient (Wildman–Crippen LogP) is 2.55. The minimum atomic E-state index is -5.01. The summed E-state index contributed by atoms with van der Waals surface area (Å²) in [6.07, 6.45) is -5.05. The van der Waals surface area contributed by atoms with Gasteiger partial charge in [0.25, 0.3) is 0 Å². The molecule has 0 fully saturated rings. The number of benzene rings is 1. The van der Waals surface area contributed by atoms with Gasteiger partial charge in [0, 0.05) is 6.07 Å². The van der Waals surface area contributed by atoms with Crippen LogP contribution in [0.25, 0.3) is 0 Å². The molecule has 82 valence electrons. The lowest BCUT2D eigenvalue weighted by Crippen LogP contribution is -2.11. The average Bonchev–Trinajstić information content (AvgIpc) is 2.09. The molecule has 0 aliphatic carbocycles. The normalized spacial score (nSPS) is 11.3. The van der Waals surface area contributed by atoms with Gasteiger partial charge in [-0.25, -0.2) is 8.78 Å². The molecule has 1 aromatic rings. The number of carbonyl (C=O) groups is 1. The van der Waals surface area contributed by atoms with Crippen molar-refractivity contribution in [3.8, 4) is 0 Å². The van der Waals surface area contributed by atoms with Gasteiger partial charge in [0.2, 0.25) is 6.41 Å². The van der Waals surface area contributed by atoms with Gasteiger partial charge in [-0.3, -0.25) is 4.79 Å². The number of hydrogen-bond donors (Lipinski definition) is 1. The zero-order chi connectivity index (χ0) is 11.6. The molecule has 2 nitrogen and oxygen atoms in total. The fourth-order valence-corrected chi connectivity index (χ4v) is 0.964. The van der Waals surface area contributed by atoms with Gasteiger partial charge in [0.1, 0.15) is 5.82 Å². The molecular weight excluding hydrogens is 221 g/mol. The average molecular weight is 225 g/mol. The first-order valence-electron chi connectivity index (χ1n) is 3.62. The topological polar surface area (TPSA) is 29.1 Å². The molecule has 15 heavy (non-hydrogen) atoms. The van der Waals surface area contributed by atoms with Crippen LogP contribution in [0.3, 0.4) is 0 Å². The van der Waals surface area contributed by atoms with Crippen LogP contribution in [0.4, 0.5) is 27.6 Å². The zero-order valence-corrected chi connectivity index (χ0v) is 7.03. The zero-order valence-electron chi connectivity index (χ0n) is 7.03. The highest BCUT2D eigenvalue weighted by molar-refractivity contribution is 5.72. The first-order chi connectivity index (χ1) is 6.86. The van der Waals surface area contributed by atoms with Gasteiger partial charge >= 0.3 is 6.18 Å². The standard InChI is InChI=1S/C8H4F5NO/c9-4-1-5(8(11,12)13)7(10)6(2-4)14-3-15/h1-3H,(H,14,15). The quantitative estimate of drug-likeness (QED) is 0.608. The number of anilines is 1. The van der Waals surface area contributed by atoms with Gasteiger partial charge in [0.15, 0.2) is 5.82 Å². The molecule has 1 aromatic carbocycles.